The van der Waals surface area contributed by atoms with Gasteiger partial charge in [0.25, 0.3) is 0 Å². The van der Waals surface area contributed by atoms with Crippen molar-refractivity contribution in [1.82, 2.24) is 0 Å². The Bertz CT molecular complexity index is 3500. The molecule has 8 rings (SSSR count). The van der Waals surface area contributed by atoms with E-state index in [1.54, 1.807) is 26.1 Å². The number of alkyl halides is 3. The van der Waals surface area contributed by atoms with Crippen LogP contribution in [0.5, 0.6) is 34.5 Å². The molecule has 0 radical (unpaired) electrons. The standard InChI is InChI=1S/C34H48N2O2.C13H19NO.C12H17NO.C11H15NO.C10H10F3NO.2ClH.4Cr.Ti/c1-25-21-29(27-15-9-7-10-16-27)33(37)31(23-25)35-19-13-5-3-4-6-14-20-36-32-24-26(2)22-30(34(32)38)28-17-11-8-12-18-28;1-9-6-10(2)12(15)11(7-9)14-8-13(3,4)5;1-8(2)7-13-11-6-9(3)5-10(4)12(11)14;1-4-5-12-10-7-8(2)6-9(3)11(10)13;1-6-3-7(2)9(15)8(4-6)14-5-10(11,12)13;;;;;;;/h19-24,27-28,37-38H,3-18H2,1-2H3;6-8,15H,1-5H3;5-8,14H,1-4H3;5-7,13H,4H2,1-3H3;3-5,15H,1-2H3;2*1H;;;;;/q;;;;;;;;;;;+2/p-2. The van der Waals surface area contributed by atoms with E-state index in [9.17, 15) is 43.8 Å². The number of aromatic hydroxyl groups is 6. The van der Waals surface area contributed by atoms with Gasteiger partial charge in [-0.15, -0.1) is 0 Å². The number of rotatable bonds is 17. The molecular weight excluding hydrogens is 1520 g/mol. The zero-order chi connectivity index (χ0) is 73.3. The van der Waals surface area contributed by atoms with Gasteiger partial charge in [-0.2, -0.15) is 13.2 Å². The van der Waals surface area contributed by atoms with Crippen molar-refractivity contribution in [2.75, 3.05) is 0 Å². The van der Waals surface area contributed by atoms with E-state index in [0.717, 1.165) is 106 Å². The molecule has 6 aromatic carbocycles. The Morgan fingerprint density at radius 3 is 0.980 bits per heavy atom. The minimum atomic E-state index is -4.47. The van der Waals surface area contributed by atoms with E-state index in [0.29, 0.717) is 51.9 Å². The van der Waals surface area contributed by atoms with Gasteiger partial charge in [0.05, 0.1) is 0 Å². The Morgan fingerprint density at radius 2 is 0.686 bits per heavy atom. The van der Waals surface area contributed by atoms with Crippen molar-refractivity contribution >= 4 is 90.0 Å². The van der Waals surface area contributed by atoms with Gasteiger partial charge in [0.2, 0.25) is 0 Å². The van der Waals surface area contributed by atoms with Crippen LogP contribution in [0.25, 0.3) is 0 Å². The van der Waals surface area contributed by atoms with Gasteiger partial charge >= 0.3 is 41.8 Å². The van der Waals surface area contributed by atoms with Crippen LogP contribution in [-0.2, 0) is 86.5 Å². The van der Waals surface area contributed by atoms with E-state index < -0.39 is 23.2 Å². The molecule has 12 nitrogen and oxygen atoms in total. The average molecular weight is 1630 g/mol. The van der Waals surface area contributed by atoms with Gasteiger partial charge in [0, 0.05) is 101 Å². The second-order valence-electron chi connectivity index (χ2n) is 27.3. The number of halogens is 5. The minimum absolute atomic E-state index is 0. The Hall–Kier alpha value is -4.65. The summed E-state index contributed by atoms with van der Waals surface area (Å²) >= 11 is -0.556. The summed E-state index contributed by atoms with van der Waals surface area (Å²) < 4.78 is 35.5. The van der Waals surface area contributed by atoms with Crippen LogP contribution in [-0.4, -0.2) is 74.1 Å². The van der Waals surface area contributed by atoms with Crippen molar-refractivity contribution in [1.29, 1.82) is 0 Å². The van der Waals surface area contributed by atoms with E-state index in [1.807, 2.05) is 122 Å². The molecule has 0 unspecified atom stereocenters. The molecule has 0 heterocycles. The largest absolute Gasteiger partial charge is 0 e. The van der Waals surface area contributed by atoms with Gasteiger partial charge in [0.1, 0.15) is 74.8 Å². The zero-order valence-corrected chi connectivity index (χ0v) is 70.7. The molecular formula is C80H109Cl2Cr4F3N6O6Ti. The fraction of sp³-hybridized carbons (Fsp3) is 0.475. The molecule has 2 saturated carbocycles. The molecule has 0 aliphatic heterocycles. The number of phenolic OH excluding ortho intramolecular Hbond substituents is 6. The van der Waals surface area contributed by atoms with Crippen LogP contribution in [0.15, 0.2) is 103 Å². The van der Waals surface area contributed by atoms with Crippen molar-refractivity contribution in [3.05, 3.63) is 140 Å². The summed E-state index contributed by atoms with van der Waals surface area (Å²) in [5.41, 5.74) is 15.2. The minimum Gasteiger partial charge on any atom is 0 e. The van der Waals surface area contributed by atoms with Crippen LogP contribution >= 0.6 is 18.6 Å². The first-order chi connectivity index (χ1) is 46.2. The van der Waals surface area contributed by atoms with Crippen LogP contribution in [0, 0.1) is 80.6 Å². The van der Waals surface area contributed by atoms with Crippen LogP contribution in [0.3, 0.4) is 0 Å². The monoisotopic (exact) mass is 1630 g/mol. The zero-order valence-electron chi connectivity index (χ0n) is 62.5. The topological polar surface area (TPSA) is 196 Å². The predicted molar refractivity (Wildman–Crippen MR) is 407 cm³/mol. The molecule has 0 saturated heterocycles. The van der Waals surface area contributed by atoms with E-state index in [-0.39, 0.29) is 110 Å². The van der Waals surface area contributed by atoms with Gasteiger partial charge in [0.15, 0.2) is 0 Å². The quantitative estimate of drug-likeness (QED) is 0.0299. The first kappa shape index (κ1) is 99.4. The molecule has 2 aliphatic carbocycles. The Balaban J connectivity index is 0. The molecule has 558 valence electrons. The SMILES string of the molecule is CCC=Nc1cc(C)cc(C)c1O.Cc1cc(C)c(O)c(N=CC(C)(C)C)c1.Cc1cc(C)c(O)c(N=CC(C)C)c1.Cc1cc(C)c(O)c(N=CC(F)(F)F)c1.Cc1cc(N=CCCCCCCC=Nc2cc(C)cc(C3CCCCC3)c2O)c(O)c(C2CCCCC2)c1.[Cl][Ti][Cl].[Cr].[Cr].[Cr].[Cr]. The molecule has 0 bridgehead atoms. The van der Waals surface area contributed by atoms with Gasteiger partial charge in [-0.1, -0.05) is 129 Å². The molecule has 2 fully saturated rings. The van der Waals surface area contributed by atoms with Gasteiger partial charge in [-0.3, -0.25) is 25.0 Å². The van der Waals surface area contributed by atoms with E-state index in [2.05, 4.69) is 90.6 Å². The number of hydrogen-bond acceptors (Lipinski definition) is 12. The summed E-state index contributed by atoms with van der Waals surface area (Å²) in [4.78, 5) is 25.2. The number of nitrogens with zero attached hydrogens (tertiary/aromatic N) is 6. The molecule has 2 aliphatic rings. The average Bonchev–Trinajstić information content (AvgIpc) is 0.667. The van der Waals surface area contributed by atoms with Crippen molar-refractivity contribution in [2.24, 2.45) is 41.3 Å². The summed E-state index contributed by atoms with van der Waals surface area (Å²) in [6.45, 7) is 31.6. The number of hydrogen-bond donors (Lipinski definition) is 6. The summed E-state index contributed by atoms with van der Waals surface area (Å²) in [7, 11) is 9.78. The van der Waals surface area contributed by atoms with Crippen LogP contribution in [0.1, 0.15) is 229 Å². The Kier molecular flexibility index (Phi) is 50.2. The third-order valence-corrected chi connectivity index (χ3v) is 16.1. The van der Waals surface area contributed by atoms with Gasteiger partial charge in [-0.05, 0) is 253 Å². The van der Waals surface area contributed by atoms with E-state index >= 15 is 0 Å². The van der Waals surface area contributed by atoms with Crippen LogP contribution in [0.2, 0.25) is 0 Å². The number of unbranched alkanes of at least 4 members (excludes halogenated alkanes) is 5. The molecule has 102 heavy (non-hydrogen) atoms. The molecule has 0 amide bonds. The normalized spacial score (nSPS) is 13.3. The number of aryl methyl sites for hydroxylation is 10. The molecule has 6 aromatic rings. The fourth-order valence-electron chi connectivity index (χ4n) is 11.3. The van der Waals surface area contributed by atoms with Gasteiger partial charge < -0.3 is 30.6 Å². The van der Waals surface area contributed by atoms with E-state index in [4.69, 9.17) is 18.6 Å². The van der Waals surface area contributed by atoms with Crippen molar-refractivity contribution in [3.63, 3.8) is 0 Å². The van der Waals surface area contributed by atoms with Crippen molar-refractivity contribution in [2.45, 2.75) is 238 Å². The molecule has 6 N–H and O–H groups in total. The number of benzene rings is 6. The molecule has 0 aromatic heterocycles. The summed E-state index contributed by atoms with van der Waals surface area (Å²) in [5.74, 6) is 2.78. The van der Waals surface area contributed by atoms with Gasteiger partial charge in [-0.25, -0.2) is 4.99 Å². The third-order valence-electron chi connectivity index (χ3n) is 16.1. The number of phenols is 6. The number of aliphatic imine (C=N–C) groups is 6. The fourth-order valence-corrected chi connectivity index (χ4v) is 11.3. The smallest absolute Gasteiger partial charge is 0 e. The first-order valence-electron chi connectivity index (χ1n) is 34.3. The van der Waals surface area contributed by atoms with Crippen LogP contribution < -0.4 is 0 Å². The van der Waals surface area contributed by atoms with Crippen molar-refractivity contribution < 1.29 is 130 Å². The maximum Gasteiger partial charge on any atom is 0 e. The first-order valence-corrected chi connectivity index (χ1v) is 38.6. The Morgan fingerprint density at radius 1 is 0.412 bits per heavy atom. The molecule has 0 atom stereocenters. The molecule has 22 heteroatoms. The maximum absolute atomic E-state index is 11.8. The van der Waals surface area contributed by atoms with E-state index in [1.165, 1.54) is 81.4 Å². The Labute approximate surface area is 667 Å². The summed E-state index contributed by atoms with van der Waals surface area (Å²) in [5, 5.41) is 60.3. The third kappa shape index (κ3) is 38.1. The van der Waals surface area contributed by atoms with Crippen molar-refractivity contribution in [3.8, 4) is 34.5 Å². The predicted octanol–water partition coefficient (Wildman–Crippen LogP) is 25.1. The summed E-state index contributed by atoms with van der Waals surface area (Å²) in [6, 6.07) is 22.9. The second kappa shape index (κ2) is 51.6. The molecule has 0 spiro atoms. The van der Waals surface area contributed by atoms with Crippen LogP contribution in [0.4, 0.5) is 47.3 Å². The maximum atomic E-state index is 11.8. The second-order valence-corrected chi connectivity index (χ2v) is 29.8. The summed E-state index contributed by atoms with van der Waals surface area (Å²) in [6.07, 6.45) is 24.5.